The van der Waals surface area contributed by atoms with Crippen LogP contribution in [-0.2, 0) is 22.7 Å². The molecule has 0 fully saturated rings. The minimum atomic E-state index is -4.73. The number of primary amides is 1. The van der Waals surface area contributed by atoms with Crippen molar-refractivity contribution in [2.75, 3.05) is 28.2 Å². The van der Waals surface area contributed by atoms with Gasteiger partial charge in [-0.1, -0.05) is 0 Å². The Labute approximate surface area is 199 Å². The number of hydrogen-bond acceptors (Lipinski definition) is 8. The second-order valence-electron chi connectivity index (χ2n) is 7.56. The first kappa shape index (κ1) is 25.7. The number of aryl methyl sites for hydroxylation is 1. The van der Waals surface area contributed by atoms with Crippen LogP contribution in [0.25, 0.3) is 0 Å². The fourth-order valence-corrected chi connectivity index (χ4v) is 3.55. The van der Waals surface area contributed by atoms with Crippen LogP contribution in [0.4, 0.5) is 36.3 Å². The number of hydrogen-bond donors (Lipinski definition) is 3. The maximum absolute atomic E-state index is 13.5. The van der Waals surface area contributed by atoms with E-state index in [4.69, 9.17) is 5.73 Å². The van der Waals surface area contributed by atoms with Gasteiger partial charge in [0.15, 0.2) is 0 Å². The number of nitrogens with two attached hydrogens (primary N) is 1. The number of sulfonamides is 1. The number of amides is 1. The highest BCUT2D eigenvalue weighted by molar-refractivity contribution is 7.92. The lowest BCUT2D eigenvalue weighted by molar-refractivity contribution is -0.137. The summed E-state index contributed by atoms with van der Waals surface area (Å²) in [4.78, 5) is 23.2. The van der Waals surface area contributed by atoms with E-state index in [-0.39, 0.29) is 18.2 Å². The van der Waals surface area contributed by atoms with Crippen molar-refractivity contribution in [2.45, 2.75) is 19.6 Å². The predicted molar refractivity (Wildman–Crippen MR) is 125 cm³/mol. The van der Waals surface area contributed by atoms with Crippen molar-refractivity contribution in [1.29, 1.82) is 0 Å². The molecular formula is C21H22F3N7O3S. The first-order valence-corrected chi connectivity index (χ1v) is 11.8. The fraction of sp³-hybridized carbons (Fsp3) is 0.238. The zero-order valence-electron chi connectivity index (χ0n) is 18.9. The second-order valence-corrected chi connectivity index (χ2v) is 9.58. The van der Waals surface area contributed by atoms with E-state index in [0.29, 0.717) is 28.7 Å². The lowest BCUT2D eigenvalue weighted by Crippen LogP contribution is -2.25. The van der Waals surface area contributed by atoms with Crippen LogP contribution < -0.4 is 20.7 Å². The lowest BCUT2D eigenvalue weighted by atomic mass is 10.1. The molecule has 3 rings (SSSR count). The number of carbonyl (C=O) groups is 1. The average molecular weight is 510 g/mol. The fourth-order valence-electron chi connectivity index (χ4n) is 3.06. The van der Waals surface area contributed by atoms with E-state index in [1.807, 2.05) is 0 Å². The molecule has 186 valence electrons. The number of alkyl halides is 3. The largest absolute Gasteiger partial charge is 0.421 e. The number of carbonyl (C=O) groups excluding carboxylic acids is 1. The summed E-state index contributed by atoms with van der Waals surface area (Å²) < 4.78 is 65.1. The third-order valence-corrected chi connectivity index (χ3v) is 6.15. The Morgan fingerprint density at radius 3 is 2.49 bits per heavy atom. The zero-order valence-corrected chi connectivity index (χ0v) is 19.7. The third kappa shape index (κ3) is 6.35. The van der Waals surface area contributed by atoms with Gasteiger partial charge in [0.25, 0.3) is 0 Å². The molecule has 0 saturated carbocycles. The van der Waals surface area contributed by atoms with Crippen LogP contribution in [0.5, 0.6) is 0 Å². The summed E-state index contributed by atoms with van der Waals surface area (Å²) in [5.74, 6) is -1.22. The summed E-state index contributed by atoms with van der Waals surface area (Å²) in [6.45, 7) is 1.49. The molecule has 14 heteroatoms. The number of aromatic nitrogens is 3. The van der Waals surface area contributed by atoms with E-state index in [0.717, 1.165) is 10.6 Å². The maximum Gasteiger partial charge on any atom is 0.421 e. The van der Waals surface area contributed by atoms with Gasteiger partial charge >= 0.3 is 6.18 Å². The molecule has 3 aromatic rings. The molecule has 4 N–H and O–H groups in total. The number of pyridine rings is 1. The minimum Gasteiger partial charge on any atom is -0.366 e. The van der Waals surface area contributed by atoms with Gasteiger partial charge in [-0.25, -0.2) is 13.4 Å². The van der Waals surface area contributed by atoms with Gasteiger partial charge in [-0.05, 0) is 42.8 Å². The monoisotopic (exact) mass is 509 g/mol. The second kappa shape index (κ2) is 9.74. The van der Waals surface area contributed by atoms with Gasteiger partial charge in [0.2, 0.25) is 21.9 Å². The highest BCUT2D eigenvalue weighted by Crippen LogP contribution is 2.34. The molecule has 0 saturated heterocycles. The molecule has 1 amide bonds. The molecule has 0 radical (unpaired) electrons. The Bertz CT molecular complexity index is 1360. The van der Waals surface area contributed by atoms with Crippen molar-refractivity contribution in [3.8, 4) is 0 Å². The SMILES string of the molecule is Cc1cc(Nc2ncc(C(F)(F)F)c(NCc3cc(N(C)S(C)(=O)=O)ccn3)n2)ccc1C(N)=O. The molecule has 2 heterocycles. The Kier molecular flexibility index (Phi) is 7.14. The van der Waals surface area contributed by atoms with Gasteiger partial charge in [0.1, 0.15) is 11.4 Å². The topological polar surface area (TPSA) is 143 Å². The summed E-state index contributed by atoms with van der Waals surface area (Å²) in [6.07, 6.45) is -1.71. The number of benzene rings is 1. The normalized spacial score (nSPS) is 11.7. The van der Waals surface area contributed by atoms with Crippen LogP contribution >= 0.6 is 0 Å². The van der Waals surface area contributed by atoms with Crippen molar-refractivity contribution in [3.63, 3.8) is 0 Å². The summed E-state index contributed by atoms with van der Waals surface area (Å²) in [5.41, 5.74) is 6.10. The van der Waals surface area contributed by atoms with Crippen LogP contribution in [0.3, 0.4) is 0 Å². The highest BCUT2D eigenvalue weighted by Gasteiger charge is 2.35. The molecule has 0 aliphatic rings. The summed E-state index contributed by atoms with van der Waals surface area (Å²) in [6, 6.07) is 7.49. The predicted octanol–water partition coefficient (Wildman–Crippen LogP) is 3.05. The van der Waals surface area contributed by atoms with Crippen molar-refractivity contribution in [1.82, 2.24) is 15.0 Å². The van der Waals surface area contributed by atoms with Crippen LogP contribution in [0.1, 0.15) is 27.2 Å². The number of nitrogens with zero attached hydrogens (tertiary/aromatic N) is 4. The number of halogens is 3. The number of nitrogens with one attached hydrogen (secondary N) is 2. The molecule has 2 aromatic heterocycles. The number of anilines is 4. The molecule has 0 unspecified atom stereocenters. The summed E-state index contributed by atoms with van der Waals surface area (Å²) >= 11 is 0. The average Bonchev–Trinajstić information content (AvgIpc) is 2.76. The van der Waals surface area contributed by atoms with E-state index in [1.54, 1.807) is 13.0 Å². The number of rotatable bonds is 8. The standard InChI is InChI=1S/C21H22F3N7O3S/c1-12-8-13(4-5-16(12)18(25)32)29-20-28-11-17(21(22,23)24)19(30-20)27-10-14-9-15(6-7-26-14)31(2)35(3,33)34/h4-9,11H,10H2,1-3H3,(H2,25,32)(H2,27,28,29,30). The molecule has 0 aliphatic carbocycles. The van der Waals surface area contributed by atoms with E-state index >= 15 is 0 Å². The Morgan fingerprint density at radius 2 is 1.89 bits per heavy atom. The van der Waals surface area contributed by atoms with Crippen molar-refractivity contribution < 1.29 is 26.4 Å². The van der Waals surface area contributed by atoms with Crippen LogP contribution in [0.15, 0.2) is 42.7 Å². The first-order chi connectivity index (χ1) is 16.3. The van der Waals surface area contributed by atoms with E-state index in [9.17, 15) is 26.4 Å². The smallest absolute Gasteiger partial charge is 0.366 e. The molecule has 0 spiro atoms. The lowest BCUT2D eigenvalue weighted by Gasteiger charge is -2.18. The summed E-state index contributed by atoms with van der Waals surface area (Å²) in [7, 11) is -2.18. The highest BCUT2D eigenvalue weighted by atomic mass is 32.2. The molecule has 35 heavy (non-hydrogen) atoms. The molecule has 10 nitrogen and oxygen atoms in total. The van der Waals surface area contributed by atoms with Crippen molar-refractivity contribution >= 4 is 39.1 Å². The Morgan fingerprint density at radius 1 is 1.17 bits per heavy atom. The van der Waals surface area contributed by atoms with Crippen LogP contribution in [-0.4, -0.2) is 42.6 Å². The molecular weight excluding hydrogens is 487 g/mol. The minimum absolute atomic E-state index is 0.120. The van der Waals surface area contributed by atoms with Gasteiger partial charge in [0, 0.05) is 30.7 Å². The van der Waals surface area contributed by atoms with Crippen LogP contribution in [0, 0.1) is 6.92 Å². The molecule has 1 aromatic carbocycles. The third-order valence-electron chi connectivity index (χ3n) is 4.94. The van der Waals surface area contributed by atoms with Gasteiger partial charge in [-0.3, -0.25) is 14.1 Å². The van der Waals surface area contributed by atoms with Crippen molar-refractivity contribution in [2.24, 2.45) is 5.73 Å². The van der Waals surface area contributed by atoms with E-state index < -0.39 is 33.5 Å². The van der Waals surface area contributed by atoms with E-state index in [1.165, 1.54) is 37.5 Å². The molecule has 0 aliphatic heterocycles. The van der Waals surface area contributed by atoms with Gasteiger partial charge in [0.05, 0.1) is 24.2 Å². The first-order valence-electron chi connectivity index (χ1n) is 10.00. The van der Waals surface area contributed by atoms with Crippen LogP contribution in [0.2, 0.25) is 0 Å². The summed E-state index contributed by atoms with van der Waals surface area (Å²) in [5, 5.41) is 5.40. The molecule has 0 atom stereocenters. The van der Waals surface area contributed by atoms with Crippen molar-refractivity contribution in [3.05, 3.63) is 65.1 Å². The molecule has 0 bridgehead atoms. The Hall–Kier alpha value is -3.94. The zero-order chi connectivity index (χ0) is 26.0. The van der Waals surface area contributed by atoms with Gasteiger partial charge in [-0.15, -0.1) is 0 Å². The van der Waals surface area contributed by atoms with Gasteiger partial charge in [-0.2, -0.15) is 18.2 Å². The quantitative estimate of drug-likeness (QED) is 0.420. The van der Waals surface area contributed by atoms with Gasteiger partial charge < -0.3 is 16.4 Å². The Balaban J connectivity index is 1.87. The maximum atomic E-state index is 13.5. The van der Waals surface area contributed by atoms with E-state index in [2.05, 4.69) is 25.6 Å².